The van der Waals surface area contributed by atoms with Crippen molar-refractivity contribution in [3.05, 3.63) is 66.3 Å². The van der Waals surface area contributed by atoms with Gasteiger partial charge in [-0.1, -0.05) is 129 Å². The Balaban J connectivity index is -0.000000176. The summed E-state index contributed by atoms with van der Waals surface area (Å²) in [6, 6.07) is 8.24. The molecule has 0 nitrogen and oxygen atoms in total. The molecule has 1 aromatic carbocycles. The topological polar surface area (TPSA) is 0 Å². The summed E-state index contributed by atoms with van der Waals surface area (Å²) in [6.07, 6.45) is 16.3. The van der Waals surface area contributed by atoms with E-state index in [2.05, 4.69) is 159 Å². The molecule has 0 atom stereocenters. The van der Waals surface area contributed by atoms with Gasteiger partial charge in [0.25, 0.3) is 0 Å². The molecule has 0 unspecified atom stereocenters. The van der Waals surface area contributed by atoms with Crippen molar-refractivity contribution < 1.29 is 26.2 Å². The van der Waals surface area contributed by atoms with Gasteiger partial charge in [0.05, 0.1) is 0 Å². The van der Waals surface area contributed by atoms with Gasteiger partial charge in [0, 0.05) is 0 Å². The smallest absolute Gasteiger partial charge is 0.495 e. The van der Waals surface area contributed by atoms with Crippen LogP contribution < -0.4 is 0 Å². The van der Waals surface area contributed by atoms with Crippen molar-refractivity contribution in [3.63, 3.8) is 0 Å². The quantitative estimate of drug-likeness (QED) is 0.331. The maximum atomic E-state index is 3.30. The Labute approximate surface area is 236 Å². The Hall–Kier alpha value is -0.547. The Bertz CT molecular complexity index is 549. The van der Waals surface area contributed by atoms with Gasteiger partial charge >= 0.3 is 26.2 Å². The molecule has 1 heteroatoms. The minimum absolute atomic E-state index is 0. The van der Waals surface area contributed by atoms with E-state index in [-0.39, 0.29) is 42.4 Å². The van der Waals surface area contributed by atoms with Gasteiger partial charge in [-0.25, -0.2) is 12.1 Å². The summed E-state index contributed by atoms with van der Waals surface area (Å²) in [4.78, 5) is 0. The van der Waals surface area contributed by atoms with Gasteiger partial charge in [0.15, 0.2) is 0 Å². The van der Waals surface area contributed by atoms with E-state index in [0.29, 0.717) is 17.8 Å². The zero-order valence-electron chi connectivity index (χ0n) is 25.8. The fourth-order valence-electron chi connectivity index (χ4n) is 1.72. The zero-order chi connectivity index (χ0) is 26.9. The molecule has 0 spiro atoms. The first-order valence-electron chi connectivity index (χ1n) is 12.7. The number of hydrogen-bond acceptors (Lipinski definition) is 0. The second-order valence-corrected chi connectivity index (χ2v) is 12.9. The van der Waals surface area contributed by atoms with E-state index in [1.54, 1.807) is 0 Å². The number of aryl methyl sites for hydroxylation is 1. The molecule has 0 fully saturated rings. The molecule has 34 heavy (non-hydrogen) atoms. The fraction of sp³-hybridized carbons (Fsp3) is 0.667. The summed E-state index contributed by atoms with van der Waals surface area (Å²) in [5.74, 6) is 1.89. The summed E-state index contributed by atoms with van der Waals surface area (Å²) in [5.41, 5.74) is 2.02. The van der Waals surface area contributed by atoms with E-state index >= 15 is 0 Å². The van der Waals surface area contributed by atoms with Crippen molar-refractivity contribution >= 4 is 0 Å². The van der Waals surface area contributed by atoms with Crippen LogP contribution in [-0.2, 0) is 26.2 Å². The Morgan fingerprint density at radius 1 is 0.529 bits per heavy atom. The molecule has 1 rings (SSSR count). The van der Waals surface area contributed by atoms with Crippen molar-refractivity contribution in [2.75, 3.05) is 0 Å². The first kappa shape index (κ1) is 40.6. The molecule has 1 aromatic rings. The summed E-state index contributed by atoms with van der Waals surface area (Å²) in [5, 5.41) is 0. The molecule has 0 aliphatic rings. The minimum atomic E-state index is 0. The molecule has 0 saturated heterocycles. The maximum absolute atomic E-state index is 3.30. The fourth-order valence-corrected chi connectivity index (χ4v) is 1.72. The average molecular weight is 546 g/mol. The molecule has 0 radical (unpaired) electrons. The maximum Gasteiger partial charge on any atom is 4.00 e. The van der Waals surface area contributed by atoms with Crippen molar-refractivity contribution in [1.29, 1.82) is 0 Å². The van der Waals surface area contributed by atoms with Crippen molar-refractivity contribution in [1.82, 2.24) is 0 Å². The largest absolute Gasteiger partial charge is 4.00 e. The molecule has 0 amide bonds. The Morgan fingerprint density at radius 3 is 0.794 bits per heavy atom. The summed E-state index contributed by atoms with van der Waals surface area (Å²) in [6.45, 7) is 34.5. The summed E-state index contributed by atoms with van der Waals surface area (Å²) < 4.78 is 0. The first-order valence-corrected chi connectivity index (χ1v) is 12.7. The molecule has 0 N–H and O–H groups in total. The Morgan fingerprint density at radius 2 is 0.735 bits per heavy atom. The summed E-state index contributed by atoms with van der Waals surface area (Å²) in [7, 11) is 0. The molecule has 0 bridgehead atoms. The Kier molecular flexibility index (Phi) is 24.6. The van der Waals surface area contributed by atoms with Crippen LogP contribution in [0.1, 0.15) is 109 Å². The standard InChI is InChI=1S/3C9H17.C6H7.Zr/c3*1-8(2)6-7-9(3,4)5;1-6-4-2-3-5-6;/h3*6,8H,1-5H3;2-5H,1H3;/q4*-1;+4. The van der Waals surface area contributed by atoms with Gasteiger partial charge in [0.2, 0.25) is 0 Å². The van der Waals surface area contributed by atoms with Crippen LogP contribution >= 0.6 is 0 Å². The van der Waals surface area contributed by atoms with E-state index < -0.39 is 0 Å². The van der Waals surface area contributed by atoms with Gasteiger partial charge in [-0.15, -0.1) is 0 Å². The SMILES string of the molecule is CC(C)C=[C-]C(C)(C)C.CC(C)C=[C-]C(C)(C)C.CC(C)C=[C-]C(C)(C)C.C[c-]1cccc1.[Zr+4]. The van der Waals surface area contributed by atoms with E-state index in [1.165, 1.54) is 5.56 Å². The zero-order valence-corrected chi connectivity index (χ0v) is 28.2. The minimum Gasteiger partial charge on any atom is -0.495 e. The van der Waals surface area contributed by atoms with Crippen LogP contribution in [0.3, 0.4) is 0 Å². The monoisotopic (exact) mass is 544 g/mol. The van der Waals surface area contributed by atoms with Crippen LogP contribution in [0.2, 0.25) is 0 Å². The molecule has 0 aliphatic heterocycles. The molecule has 0 aromatic heterocycles. The van der Waals surface area contributed by atoms with E-state index in [4.69, 9.17) is 0 Å². The third-order valence-corrected chi connectivity index (χ3v) is 3.38. The molecular weight excluding hydrogens is 488 g/mol. The van der Waals surface area contributed by atoms with E-state index in [1.807, 2.05) is 12.1 Å². The second kappa shape index (κ2) is 20.6. The molecule has 0 aliphatic carbocycles. The average Bonchev–Trinajstić information content (AvgIpc) is 3.07. The normalized spacial score (nSPS) is 12.3. The van der Waals surface area contributed by atoms with Crippen LogP contribution in [-0.4, -0.2) is 0 Å². The van der Waals surface area contributed by atoms with Gasteiger partial charge in [-0.3, -0.25) is 18.2 Å². The van der Waals surface area contributed by atoms with E-state index in [0.717, 1.165) is 0 Å². The number of allylic oxidation sites excluding steroid dienone is 6. The summed E-state index contributed by atoms with van der Waals surface area (Å²) >= 11 is 0. The first-order chi connectivity index (χ1) is 14.6. The van der Waals surface area contributed by atoms with Gasteiger partial charge < -0.3 is 18.2 Å². The predicted octanol–water partition coefficient (Wildman–Crippen LogP) is 10.9. The number of hydrogen-bond donors (Lipinski definition) is 0. The van der Waals surface area contributed by atoms with Crippen LogP contribution in [0.25, 0.3) is 0 Å². The van der Waals surface area contributed by atoms with E-state index in [9.17, 15) is 0 Å². The van der Waals surface area contributed by atoms with Gasteiger partial charge in [0.1, 0.15) is 0 Å². The second-order valence-electron chi connectivity index (χ2n) is 12.9. The van der Waals surface area contributed by atoms with Crippen LogP contribution in [0.15, 0.2) is 42.5 Å². The van der Waals surface area contributed by atoms with Crippen LogP contribution in [0, 0.1) is 59.2 Å². The van der Waals surface area contributed by atoms with Crippen molar-refractivity contribution in [2.24, 2.45) is 34.0 Å². The molecule has 0 heterocycles. The predicted molar refractivity (Wildman–Crippen MR) is 153 cm³/mol. The van der Waals surface area contributed by atoms with Gasteiger partial charge in [-0.05, 0) is 0 Å². The molecular formula is C33H58Zr. The van der Waals surface area contributed by atoms with Crippen LogP contribution in [0.4, 0.5) is 0 Å². The van der Waals surface area contributed by atoms with Crippen molar-refractivity contribution in [3.8, 4) is 0 Å². The molecule has 194 valence electrons. The van der Waals surface area contributed by atoms with Crippen LogP contribution in [0.5, 0.6) is 0 Å². The molecule has 0 saturated carbocycles. The third-order valence-electron chi connectivity index (χ3n) is 3.38. The third kappa shape index (κ3) is 48.8. The van der Waals surface area contributed by atoms with Crippen molar-refractivity contribution in [2.45, 2.75) is 111 Å². The number of rotatable bonds is 3. The van der Waals surface area contributed by atoms with Gasteiger partial charge in [-0.2, -0.15) is 33.9 Å².